The predicted octanol–water partition coefficient (Wildman–Crippen LogP) is 1.59. The fourth-order valence-corrected chi connectivity index (χ4v) is 3.36. The third-order valence-corrected chi connectivity index (χ3v) is 4.82. The quantitative estimate of drug-likeness (QED) is 0.853. The van der Waals surface area contributed by atoms with E-state index < -0.39 is 0 Å². The van der Waals surface area contributed by atoms with Crippen LogP contribution in [0.25, 0.3) is 0 Å². The molecule has 5 heteroatoms. The molecule has 3 aliphatic heterocycles. The summed E-state index contributed by atoms with van der Waals surface area (Å²) in [6.45, 7) is 8.30. The summed E-state index contributed by atoms with van der Waals surface area (Å²) in [7, 11) is 0. The second-order valence-electron chi connectivity index (χ2n) is 6.60. The Morgan fingerprint density at radius 2 is 2.00 bits per heavy atom. The molecule has 3 rings (SSSR count). The number of hydrogen-bond donors (Lipinski definition) is 1. The Balaban J connectivity index is 1.56. The maximum atomic E-state index is 6.19. The van der Waals surface area contributed by atoms with Crippen LogP contribution in [0.5, 0.6) is 0 Å². The summed E-state index contributed by atoms with van der Waals surface area (Å²) < 4.78 is 6.19. The predicted molar refractivity (Wildman–Crippen MR) is 78.8 cm³/mol. The molecule has 1 N–H and O–H groups in total. The standard InChI is InChI=1S/C15H27N3O2/c1-15(5-7-16-8-6-15)14-17-19-12-13(20-14)11-18-9-3-2-4-10-18/h13,16H,2-12H2,1H3. The van der Waals surface area contributed by atoms with E-state index >= 15 is 0 Å². The highest BCUT2D eigenvalue weighted by molar-refractivity contribution is 5.82. The molecule has 2 fully saturated rings. The second-order valence-corrected chi connectivity index (χ2v) is 6.60. The maximum absolute atomic E-state index is 6.19. The van der Waals surface area contributed by atoms with Gasteiger partial charge in [-0.2, -0.15) is 0 Å². The van der Waals surface area contributed by atoms with Gasteiger partial charge in [-0.05, 0) is 51.9 Å². The molecule has 20 heavy (non-hydrogen) atoms. The van der Waals surface area contributed by atoms with Crippen LogP contribution in [0.4, 0.5) is 0 Å². The zero-order valence-electron chi connectivity index (χ0n) is 12.6. The maximum Gasteiger partial charge on any atom is 0.232 e. The van der Waals surface area contributed by atoms with E-state index in [4.69, 9.17) is 9.57 Å². The highest BCUT2D eigenvalue weighted by atomic mass is 16.7. The van der Waals surface area contributed by atoms with E-state index in [1.807, 2.05) is 0 Å². The van der Waals surface area contributed by atoms with Gasteiger partial charge in [0.1, 0.15) is 6.10 Å². The first kappa shape index (κ1) is 14.1. The number of nitrogens with zero attached hydrogens (tertiary/aromatic N) is 2. The average molecular weight is 281 g/mol. The van der Waals surface area contributed by atoms with Crippen molar-refractivity contribution in [2.75, 3.05) is 39.3 Å². The van der Waals surface area contributed by atoms with Crippen LogP contribution < -0.4 is 5.32 Å². The van der Waals surface area contributed by atoms with E-state index in [0.717, 1.165) is 38.4 Å². The van der Waals surface area contributed by atoms with Crippen molar-refractivity contribution in [3.8, 4) is 0 Å². The monoisotopic (exact) mass is 281 g/mol. The van der Waals surface area contributed by atoms with Crippen molar-refractivity contribution in [3.63, 3.8) is 0 Å². The first-order valence-corrected chi connectivity index (χ1v) is 8.06. The van der Waals surface area contributed by atoms with Gasteiger partial charge < -0.3 is 14.9 Å². The zero-order valence-corrected chi connectivity index (χ0v) is 12.6. The number of rotatable bonds is 3. The summed E-state index contributed by atoms with van der Waals surface area (Å²) in [5, 5.41) is 7.61. The molecule has 0 saturated carbocycles. The third kappa shape index (κ3) is 3.26. The molecule has 5 nitrogen and oxygen atoms in total. The van der Waals surface area contributed by atoms with Crippen molar-refractivity contribution in [2.45, 2.75) is 45.1 Å². The molecule has 114 valence electrons. The molecule has 2 saturated heterocycles. The van der Waals surface area contributed by atoms with Crippen LogP contribution in [0.3, 0.4) is 0 Å². The zero-order chi connectivity index (χ0) is 13.8. The van der Waals surface area contributed by atoms with E-state index in [9.17, 15) is 0 Å². The minimum atomic E-state index is 0.0474. The van der Waals surface area contributed by atoms with E-state index in [-0.39, 0.29) is 11.5 Å². The van der Waals surface area contributed by atoms with Crippen LogP contribution in [0.15, 0.2) is 5.16 Å². The summed E-state index contributed by atoms with van der Waals surface area (Å²) in [5.74, 6) is 0.826. The van der Waals surface area contributed by atoms with Crippen LogP contribution in [-0.4, -0.2) is 56.2 Å². The Morgan fingerprint density at radius 1 is 1.25 bits per heavy atom. The molecule has 3 aliphatic rings. The highest BCUT2D eigenvalue weighted by Crippen LogP contribution is 2.32. The molecule has 0 bridgehead atoms. The highest BCUT2D eigenvalue weighted by Gasteiger charge is 2.38. The molecule has 3 heterocycles. The van der Waals surface area contributed by atoms with Crippen LogP contribution in [0.1, 0.15) is 39.0 Å². The lowest BCUT2D eigenvalue weighted by Gasteiger charge is -2.38. The van der Waals surface area contributed by atoms with Crippen LogP contribution >= 0.6 is 0 Å². The van der Waals surface area contributed by atoms with Crippen molar-refractivity contribution in [1.82, 2.24) is 10.2 Å². The van der Waals surface area contributed by atoms with Gasteiger partial charge in [-0.1, -0.05) is 18.5 Å². The first-order chi connectivity index (χ1) is 9.76. The first-order valence-electron chi connectivity index (χ1n) is 8.06. The van der Waals surface area contributed by atoms with Gasteiger partial charge in [0.15, 0.2) is 6.61 Å². The molecule has 0 amide bonds. The van der Waals surface area contributed by atoms with Gasteiger partial charge in [-0.15, -0.1) is 0 Å². The topological polar surface area (TPSA) is 46.1 Å². The SMILES string of the molecule is CC1(C2=NOCC(CN3CCCCC3)O2)CCNCC1. The molecule has 0 aromatic rings. The molecule has 1 unspecified atom stereocenters. The number of piperidine rings is 2. The molecule has 0 aliphatic carbocycles. The van der Waals surface area contributed by atoms with Gasteiger partial charge in [0, 0.05) is 12.0 Å². The summed E-state index contributed by atoms with van der Waals surface area (Å²) in [4.78, 5) is 7.98. The van der Waals surface area contributed by atoms with E-state index in [0.29, 0.717) is 6.61 Å². The Bertz CT molecular complexity index is 347. The number of ether oxygens (including phenoxy) is 1. The summed E-state index contributed by atoms with van der Waals surface area (Å²) in [6.07, 6.45) is 6.30. The summed E-state index contributed by atoms with van der Waals surface area (Å²) in [6, 6.07) is 0. The molecule has 0 radical (unpaired) electrons. The normalized spacial score (nSPS) is 31.1. The molecular weight excluding hydrogens is 254 g/mol. The minimum absolute atomic E-state index is 0.0474. The average Bonchev–Trinajstić information content (AvgIpc) is 2.49. The van der Waals surface area contributed by atoms with Crippen LogP contribution in [-0.2, 0) is 9.57 Å². The van der Waals surface area contributed by atoms with Gasteiger partial charge in [0.05, 0.1) is 0 Å². The Labute approximate surface area is 121 Å². The van der Waals surface area contributed by atoms with E-state index in [2.05, 4.69) is 22.3 Å². The lowest BCUT2D eigenvalue weighted by molar-refractivity contribution is -0.0227. The number of likely N-dealkylation sites (tertiary alicyclic amines) is 1. The molecule has 1 atom stereocenters. The van der Waals surface area contributed by atoms with Crippen molar-refractivity contribution in [3.05, 3.63) is 0 Å². The summed E-state index contributed by atoms with van der Waals surface area (Å²) >= 11 is 0. The van der Waals surface area contributed by atoms with Crippen molar-refractivity contribution >= 4 is 5.90 Å². The number of oxime groups is 1. The second kappa shape index (κ2) is 6.31. The van der Waals surface area contributed by atoms with Crippen molar-refractivity contribution in [1.29, 1.82) is 0 Å². The Kier molecular flexibility index (Phi) is 4.46. The van der Waals surface area contributed by atoms with Crippen LogP contribution in [0.2, 0.25) is 0 Å². The third-order valence-electron chi connectivity index (χ3n) is 4.82. The van der Waals surface area contributed by atoms with Crippen molar-refractivity contribution < 1.29 is 9.57 Å². The minimum Gasteiger partial charge on any atom is -0.470 e. The fourth-order valence-electron chi connectivity index (χ4n) is 3.36. The van der Waals surface area contributed by atoms with Gasteiger partial charge in [0.2, 0.25) is 5.90 Å². The number of nitrogens with one attached hydrogen (secondary N) is 1. The van der Waals surface area contributed by atoms with Crippen molar-refractivity contribution in [2.24, 2.45) is 10.6 Å². The van der Waals surface area contributed by atoms with Gasteiger partial charge in [-0.3, -0.25) is 4.90 Å². The van der Waals surface area contributed by atoms with Gasteiger partial charge in [0.25, 0.3) is 0 Å². The summed E-state index contributed by atoms with van der Waals surface area (Å²) in [5.41, 5.74) is 0.0474. The molecule has 0 aromatic heterocycles. The van der Waals surface area contributed by atoms with E-state index in [1.54, 1.807) is 0 Å². The largest absolute Gasteiger partial charge is 0.470 e. The molecule has 0 aromatic carbocycles. The van der Waals surface area contributed by atoms with Gasteiger partial charge in [-0.25, -0.2) is 0 Å². The Morgan fingerprint density at radius 3 is 2.75 bits per heavy atom. The van der Waals surface area contributed by atoms with Gasteiger partial charge >= 0.3 is 0 Å². The molecular formula is C15H27N3O2. The van der Waals surface area contributed by atoms with E-state index in [1.165, 1.54) is 32.4 Å². The number of hydrogen-bond acceptors (Lipinski definition) is 5. The fraction of sp³-hybridized carbons (Fsp3) is 0.933. The lowest BCUT2D eigenvalue weighted by Crippen LogP contribution is -2.47. The van der Waals surface area contributed by atoms with Crippen LogP contribution in [0, 0.1) is 5.41 Å². The molecule has 0 spiro atoms. The lowest BCUT2D eigenvalue weighted by atomic mass is 9.80. The smallest absolute Gasteiger partial charge is 0.232 e. The Hall–Kier alpha value is -0.810.